The second-order valence-electron chi connectivity index (χ2n) is 2.73. The molecule has 3 nitrogen and oxygen atoms in total. The predicted molar refractivity (Wildman–Crippen MR) is 56.2 cm³/mol. The van der Waals surface area contributed by atoms with Crippen LogP contribution in [0.1, 0.15) is 12.5 Å². The summed E-state index contributed by atoms with van der Waals surface area (Å²) in [5, 5.41) is 6.80. The van der Waals surface area contributed by atoms with Gasteiger partial charge in [-0.3, -0.25) is 0 Å². The lowest BCUT2D eigenvalue weighted by atomic mass is 10.3. The molecule has 1 aromatic heterocycles. The molecule has 0 aliphatic heterocycles. The molecular formula is C9H14ClN3. The number of rotatable bonds is 4. The molecule has 0 unspecified atom stereocenters. The summed E-state index contributed by atoms with van der Waals surface area (Å²) in [5.41, 5.74) is 1.09. The Hall–Kier alpha value is -0.800. The molecule has 0 spiro atoms. The monoisotopic (exact) mass is 199 g/mol. The van der Waals surface area contributed by atoms with Gasteiger partial charge >= 0.3 is 0 Å². The average Bonchev–Trinajstić information content (AvgIpc) is 2.10. The van der Waals surface area contributed by atoms with E-state index in [1.807, 2.05) is 26.2 Å². The summed E-state index contributed by atoms with van der Waals surface area (Å²) in [6.45, 7) is 3.64. The Morgan fingerprint density at radius 3 is 2.85 bits per heavy atom. The van der Waals surface area contributed by atoms with Gasteiger partial charge in [0, 0.05) is 19.3 Å². The molecule has 0 amide bonds. The Kier molecular flexibility index (Phi) is 3.99. The molecule has 0 saturated carbocycles. The predicted octanol–water partition coefficient (Wildman–Crippen LogP) is 1.89. The van der Waals surface area contributed by atoms with Crippen molar-refractivity contribution in [1.29, 1.82) is 0 Å². The zero-order valence-electron chi connectivity index (χ0n) is 7.89. The van der Waals surface area contributed by atoms with Crippen LogP contribution in [0.2, 0.25) is 5.02 Å². The number of aromatic nitrogens is 1. The van der Waals surface area contributed by atoms with Crippen molar-refractivity contribution >= 4 is 17.4 Å². The molecule has 1 aromatic rings. The number of anilines is 1. The highest BCUT2D eigenvalue weighted by Crippen LogP contribution is 2.19. The zero-order chi connectivity index (χ0) is 9.68. The van der Waals surface area contributed by atoms with Gasteiger partial charge in [-0.1, -0.05) is 11.6 Å². The summed E-state index contributed by atoms with van der Waals surface area (Å²) in [7, 11) is 1.89. The van der Waals surface area contributed by atoms with Crippen LogP contribution in [0, 0.1) is 0 Å². The van der Waals surface area contributed by atoms with Gasteiger partial charge in [0.2, 0.25) is 0 Å². The molecule has 0 radical (unpaired) electrons. The van der Waals surface area contributed by atoms with Crippen LogP contribution < -0.4 is 10.6 Å². The third kappa shape index (κ3) is 2.86. The lowest BCUT2D eigenvalue weighted by Crippen LogP contribution is -2.06. The average molecular weight is 200 g/mol. The Bertz CT molecular complexity index is 276. The van der Waals surface area contributed by atoms with Crippen LogP contribution in [0.15, 0.2) is 12.3 Å². The minimum absolute atomic E-state index is 0.676. The van der Waals surface area contributed by atoms with E-state index in [0.29, 0.717) is 5.02 Å². The Labute approximate surface area is 83.5 Å². The lowest BCUT2D eigenvalue weighted by Gasteiger charge is -2.06. The van der Waals surface area contributed by atoms with E-state index in [2.05, 4.69) is 15.6 Å². The number of nitrogens with one attached hydrogen (secondary N) is 2. The van der Waals surface area contributed by atoms with Gasteiger partial charge in [0.05, 0.1) is 5.02 Å². The third-order valence-electron chi connectivity index (χ3n) is 1.62. The maximum absolute atomic E-state index is 5.99. The second kappa shape index (κ2) is 5.04. The molecule has 0 aliphatic rings. The first-order chi connectivity index (χ1) is 6.27. The fourth-order valence-electron chi connectivity index (χ4n) is 1.08. The van der Waals surface area contributed by atoms with Gasteiger partial charge in [-0.05, 0) is 25.6 Å². The van der Waals surface area contributed by atoms with Gasteiger partial charge in [-0.25, -0.2) is 4.98 Å². The molecule has 0 aromatic carbocycles. The Morgan fingerprint density at radius 1 is 1.54 bits per heavy atom. The summed E-state index contributed by atoms with van der Waals surface area (Å²) in [4.78, 5) is 4.20. The smallest absolute Gasteiger partial charge is 0.144 e. The Balaban J connectivity index is 2.79. The van der Waals surface area contributed by atoms with Crippen LogP contribution in [0.4, 0.5) is 5.82 Å². The normalized spacial score (nSPS) is 10.1. The molecule has 0 aliphatic carbocycles. The minimum Gasteiger partial charge on any atom is -0.369 e. The van der Waals surface area contributed by atoms with Crippen molar-refractivity contribution in [3.05, 3.63) is 22.8 Å². The number of nitrogens with zero attached hydrogens (tertiary/aromatic N) is 1. The molecule has 72 valence electrons. The van der Waals surface area contributed by atoms with E-state index in [4.69, 9.17) is 11.6 Å². The largest absolute Gasteiger partial charge is 0.369 e. The lowest BCUT2D eigenvalue weighted by molar-refractivity contribution is 0.813. The van der Waals surface area contributed by atoms with Crippen molar-refractivity contribution < 1.29 is 0 Å². The Morgan fingerprint density at radius 2 is 2.31 bits per heavy atom. The molecule has 0 atom stereocenters. The SMILES string of the molecule is CCNc1ncc(CNC)cc1Cl. The van der Waals surface area contributed by atoms with Crippen LogP contribution in [-0.4, -0.2) is 18.6 Å². The van der Waals surface area contributed by atoms with E-state index < -0.39 is 0 Å². The van der Waals surface area contributed by atoms with Gasteiger partial charge in [0.15, 0.2) is 0 Å². The molecule has 4 heteroatoms. The topological polar surface area (TPSA) is 37.0 Å². The fraction of sp³-hybridized carbons (Fsp3) is 0.444. The number of pyridine rings is 1. The maximum Gasteiger partial charge on any atom is 0.144 e. The highest BCUT2D eigenvalue weighted by molar-refractivity contribution is 6.32. The van der Waals surface area contributed by atoms with Crippen LogP contribution in [0.3, 0.4) is 0 Å². The molecule has 13 heavy (non-hydrogen) atoms. The summed E-state index contributed by atoms with van der Waals surface area (Å²) < 4.78 is 0. The number of hydrogen-bond donors (Lipinski definition) is 2. The highest BCUT2D eigenvalue weighted by Gasteiger charge is 2.01. The van der Waals surface area contributed by atoms with E-state index in [9.17, 15) is 0 Å². The summed E-state index contributed by atoms with van der Waals surface area (Å²) in [6, 6.07) is 1.92. The maximum atomic E-state index is 5.99. The van der Waals surface area contributed by atoms with Crippen molar-refractivity contribution in [3.63, 3.8) is 0 Å². The van der Waals surface area contributed by atoms with E-state index in [1.54, 1.807) is 0 Å². The molecule has 1 heterocycles. The quantitative estimate of drug-likeness (QED) is 0.778. The molecule has 0 bridgehead atoms. The van der Waals surface area contributed by atoms with E-state index in [1.165, 1.54) is 0 Å². The van der Waals surface area contributed by atoms with Crippen molar-refractivity contribution in [2.75, 3.05) is 18.9 Å². The van der Waals surface area contributed by atoms with Gasteiger partial charge in [0.1, 0.15) is 5.82 Å². The molecular weight excluding hydrogens is 186 g/mol. The zero-order valence-corrected chi connectivity index (χ0v) is 8.65. The molecule has 1 rings (SSSR count). The first-order valence-corrected chi connectivity index (χ1v) is 4.68. The minimum atomic E-state index is 0.676. The van der Waals surface area contributed by atoms with E-state index >= 15 is 0 Å². The standard InChI is InChI=1S/C9H14ClN3/c1-3-12-9-8(10)4-7(5-11-2)6-13-9/h4,6,11H,3,5H2,1-2H3,(H,12,13). The molecule has 0 fully saturated rings. The molecule has 2 N–H and O–H groups in total. The van der Waals surface area contributed by atoms with Gasteiger partial charge in [-0.15, -0.1) is 0 Å². The highest BCUT2D eigenvalue weighted by atomic mass is 35.5. The van der Waals surface area contributed by atoms with Gasteiger partial charge < -0.3 is 10.6 Å². The van der Waals surface area contributed by atoms with Crippen molar-refractivity contribution in [2.24, 2.45) is 0 Å². The number of hydrogen-bond acceptors (Lipinski definition) is 3. The molecule has 0 saturated heterocycles. The van der Waals surface area contributed by atoms with Crippen LogP contribution >= 0.6 is 11.6 Å². The van der Waals surface area contributed by atoms with Crippen LogP contribution in [-0.2, 0) is 6.54 Å². The van der Waals surface area contributed by atoms with Gasteiger partial charge in [0.25, 0.3) is 0 Å². The van der Waals surface area contributed by atoms with E-state index in [-0.39, 0.29) is 0 Å². The summed E-state index contributed by atoms with van der Waals surface area (Å²) in [5.74, 6) is 0.754. The first kappa shape index (κ1) is 10.3. The second-order valence-corrected chi connectivity index (χ2v) is 3.14. The van der Waals surface area contributed by atoms with Crippen LogP contribution in [0.25, 0.3) is 0 Å². The van der Waals surface area contributed by atoms with E-state index in [0.717, 1.165) is 24.5 Å². The fourth-order valence-corrected chi connectivity index (χ4v) is 1.33. The summed E-state index contributed by atoms with van der Waals surface area (Å²) >= 11 is 5.99. The van der Waals surface area contributed by atoms with Gasteiger partial charge in [-0.2, -0.15) is 0 Å². The number of halogens is 1. The first-order valence-electron chi connectivity index (χ1n) is 4.30. The van der Waals surface area contributed by atoms with Crippen LogP contribution in [0.5, 0.6) is 0 Å². The van der Waals surface area contributed by atoms with Crippen molar-refractivity contribution in [3.8, 4) is 0 Å². The summed E-state index contributed by atoms with van der Waals surface area (Å²) in [6.07, 6.45) is 1.82. The van der Waals surface area contributed by atoms with Crippen molar-refractivity contribution in [1.82, 2.24) is 10.3 Å². The third-order valence-corrected chi connectivity index (χ3v) is 1.91. The van der Waals surface area contributed by atoms with Crippen molar-refractivity contribution in [2.45, 2.75) is 13.5 Å².